The monoisotopic (exact) mass is 261 g/mol. The highest BCUT2D eigenvalue weighted by molar-refractivity contribution is 5.87. The minimum Gasteiger partial charge on any atom is -0.481 e. The molecule has 1 heterocycles. The lowest BCUT2D eigenvalue weighted by Gasteiger charge is -2.27. The van der Waals surface area contributed by atoms with Crippen LogP contribution in [0, 0.1) is 19.8 Å². The van der Waals surface area contributed by atoms with Crippen LogP contribution in [0.2, 0.25) is 0 Å². The summed E-state index contributed by atoms with van der Waals surface area (Å²) in [6, 6.07) is 5.65. The van der Waals surface area contributed by atoms with Crippen molar-refractivity contribution in [3.05, 3.63) is 34.9 Å². The topological polar surface area (TPSA) is 57.6 Å². The summed E-state index contributed by atoms with van der Waals surface area (Å²) >= 11 is 0. The molecular formula is C15H19NO3. The molecular weight excluding hydrogens is 242 g/mol. The standard InChI is InChI=1S/C15H19NO3/c1-4-16-13(17)8-12(15(18)19)14(16)11-7-9(2)5-6-10(11)3/h5-7,12,14H,4,8H2,1-3H3,(H,18,19). The number of hydrogen-bond acceptors (Lipinski definition) is 2. The van der Waals surface area contributed by atoms with E-state index in [1.54, 1.807) is 4.90 Å². The fraction of sp³-hybridized carbons (Fsp3) is 0.467. The second-order valence-corrected chi connectivity index (χ2v) is 5.13. The van der Waals surface area contributed by atoms with Crippen molar-refractivity contribution >= 4 is 11.9 Å². The Morgan fingerprint density at radius 1 is 1.42 bits per heavy atom. The molecule has 1 N–H and O–H groups in total. The highest BCUT2D eigenvalue weighted by atomic mass is 16.4. The summed E-state index contributed by atoms with van der Waals surface area (Å²) in [6.07, 6.45) is 0.0984. The van der Waals surface area contributed by atoms with Crippen molar-refractivity contribution in [3.8, 4) is 0 Å². The average molecular weight is 261 g/mol. The van der Waals surface area contributed by atoms with Crippen molar-refractivity contribution < 1.29 is 14.7 Å². The first-order valence-electron chi connectivity index (χ1n) is 6.55. The molecule has 0 bridgehead atoms. The van der Waals surface area contributed by atoms with E-state index in [2.05, 4.69) is 0 Å². The fourth-order valence-corrected chi connectivity index (χ4v) is 2.85. The normalized spacial score (nSPS) is 22.9. The van der Waals surface area contributed by atoms with Crippen LogP contribution in [-0.2, 0) is 9.59 Å². The molecule has 4 heteroatoms. The summed E-state index contributed by atoms with van der Waals surface area (Å²) in [5.74, 6) is -1.61. The number of likely N-dealkylation sites (tertiary alicyclic amines) is 1. The predicted octanol–water partition coefficient (Wildman–Crippen LogP) is 2.30. The molecule has 0 spiro atoms. The number of amides is 1. The van der Waals surface area contributed by atoms with Crippen LogP contribution in [0.4, 0.5) is 0 Å². The molecule has 4 nitrogen and oxygen atoms in total. The molecule has 2 atom stereocenters. The zero-order chi connectivity index (χ0) is 14.2. The molecule has 1 aliphatic rings. The van der Waals surface area contributed by atoms with Gasteiger partial charge in [-0.15, -0.1) is 0 Å². The second-order valence-electron chi connectivity index (χ2n) is 5.13. The first-order valence-corrected chi connectivity index (χ1v) is 6.55. The zero-order valence-electron chi connectivity index (χ0n) is 11.5. The summed E-state index contributed by atoms with van der Waals surface area (Å²) in [7, 11) is 0. The number of carboxylic acid groups (broad SMARTS) is 1. The van der Waals surface area contributed by atoms with Crippen LogP contribution in [0.15, 0.2) is 18.2 Å². The Morgan fingerprint density at radius 3 is 2.68 bits per heavy atom. The molecule has 0 aliphatic carbocycles. The maximum Gasteiger partial charge on any atom is 0.309 e. The van der Waals surface area contributed by atoms with Gasteiger partial charge in [0.25, 0.3) is 0 Å². The van der Waals surface area contributed by atoms with Crippen LogP contribution in [0.25, 0.3) is 0 Å². The molecule has 0 aromatic heterocycles. The van der Waals surface area contributed by atoms with E-state index in [1.165, 1.54) is 0 Å². The molecule has 1 fully saturated rings. The van der Waals surface area contributed by atoms with Crippen LogP contribution in [0.3, 0.4) is 0 Å². The third-order valence-electron chi connectivity index (χ3n) is 3.84. The van der Waals surface area contributed by atoms with E-state index in [-0.39, 0.29) is 18.4 Å². The third kappa shape index (κ3) is 2.35. The van der Waals surface area contributed by atoms with Crippen LogP contribution in [-0.4, -0.2) is 28.4 Å². The Bertz CT molecular complexity index is 524. The largest absolute Gasteiger partial charge is 0.481 e. The molecule has 2 unspecified atom stereocenters. The second kappa shape index (κ2) is 5.03. The van der Waals surface area contributed by atoms with Gasteiger partial charge in [0.1, 0.15) is 0 Å². The van der Waals surface area contributed by atoms with Gasteiger partial charge in [0.05, 0.1) is 12.0 Å². The number of aryl methyl sites for hydroxylation is 2. The van der Waals surface area contributed by atoms with E-state index in [4.69, 9.17) is 0 Å². The zero-order valence-corrected chi connectivity index (χ0v) is 11.5. The highest BCUT2D eigenvalue weighted by Gasteiger charge is 2.44. The lowest BCUT2D eigenvalue weighted by Crippen LogP contribution is -2.30. The number of aliphatic carboxylic acids is 1. The van der Waals surface area contributed by atoms with Gasteiger partial charge >= 0.3 is 5.97 Å². The van der Waals surface area contributed by atoms with Gasteiger partial charge < -0.3 is 10.0 Å². The summed E-state index contributed by atoms with van der Waals surface area (Å²) in [4.78, 5) is 25.1. The molecule has 1 aromatic rings. The molecule has 1 aromatic carbocycles. The molecule has 1 amide bonds. The van der Waals surface area contributed by atoms with E-state index < -0.39 is 11.9 Å². The number of hydrogen-bond donors (Lipinski definition) is 1. The summed E-state index contributed by atoms with van der Waals surface area (Å²) in [5.41, 5.74) is 3.08. The van der Waals surface area contributed by atoms with Crippen molar-refractivity contribution in [3.63, 3.8) is 0 Å². The molecule has 1 aliphatic heterocycles. The van der Waals surface area contributed by atoms with Gasteiger partial charge in [0.15, 0.2) is 0 Å². The summed E-state index contributed by atoms with van der Waals surface area (Å²) < 4.78 is 0. The molecule has 0 saturated carbocycles. The van der Waals surface area contributed by atoms with Crippen molar-refractivity contribution in [2.24, 2.45) is 5.92 Å². The number of benzene rings is 1. The van der Waals surface area contributed by atoms with Crippen LogP contribution >= 0.6 is 0 Å². The van der Waals surface area contributed by atoms with Crippen LogP contribution < -0.4 is 0 Å². The Kier molecular flexibility index (Phi) is 3.60. The molecule has 0 radical (unpaired) electrons. The first kappa shape index (κ1) is 13.6. The minimum absolute atomic E-state index is 0.0687. The maximum atomic E-state index is 12.0. The van der Waals surface area contributed by atoms with Gasteiger partial charge in [0, 0.05) is 13.0 Å². The van der Waals surface area contributed by atoms with E-state index in [9.17, 15) is 14.7 Å². The van der Waals surface area contributed by atoms with Gasteiger partial charge in [-0.3, -0.25) is 9.59 Å². The van der Waals surface area contributed by atoms with Crippen molar-refractivity contribution in [1.29, 1.82) is 0 Å². The van der Waals surface area contributed by atoms with Crippen LogP contribution in [0.1, 0.15) is 36.1 Å². The van der Waals surface area contributed by atoms with Gasteiger partial charge in [-0.05, 0) is 31.9 Å². The Morgan fingerprint density at radius 2 is 2.11 bits per heavy atom. The number of carbonyl (C=O) groups excluding carboxylic acids is 1. The van der Waals surface area contributed by atoms with Gasteiger partial charge in [-0.2, -0.15) is 0 Å². The van der Waals surface area contributed by atoms with Crippen LogP contribution in [0.5, 0.6) is 0 Å². The van der Waals surface area contributed by atoms with E-state index in [0.29, 0.717) is 6.54 Å². The average Bonchev–Trinajstić information content (AvgIpc) is 2.69. The summed E-state index contributed by atoms with van der Waals surface area (Å²) in [5, 5.41) is 9.36. The third-order valence-corrected chi connectivity index (χ3v) is 3.84. The van der Waals surface area contributed by atoms with Gasteiger partial charge in [-0.1, -0.05) is 23.8 Å². The molecule has 102 valence electrons. The number of carboxylic acids is 1. The molecule has 1 saturated heterocycles. The molecule has 19 heavy (non-hydrogen) atoms. The predicted molar refractivity (Wildman–Crippen MR) is 71.8 cm³/mol. The van der Waals surface area contributed by atoms with Crippen molar-refractivity contribution in [1.82, 2.24) is 4.90 Å². The first-order chi connectivity index (χ1) is 8.95. The highest BCUT2D eigenvalue weighted by Crippen LogP contribution is 2.39. The van der Waals surface area contributed by atoms with E-state index in [0.717, 1.165) is 16.7 Å². The number of rotatable bonds is 3. The smallest absolute Gasteiger partial charge is 0.309 e. The minimum atomic E-state index is -0.893. The van der Waals surface area contributed by atoms with E-state index in [1.807, 2.05) is 39.0 Å². The van der Waals surface area contributed by atoms with Crippen molar-refractivity contribution in [2.75, 3.05) is 6.54 Å². The molecule has 2 rings (SSSR count). The van der Waals surface area contributed by atoms with Gasteiger partial charge in [0.2, 0.25) is 5.91 Å². The summed E-state index contributed by atoms with van der Waals surface area (Å²) in [6.45, 7) is 6.37. The quantitative estimate of drug-likeness (QED) is 0.908. The number of carbonyl (C=O) groups is 2. The lowest BCUT2D eigenvalue weighted by atomic mass is 9.90. The lowest BCUT2D eigenvalue weighted by molar-refractivity contribution is -0.142. The van der Waals surface area contributed by atoms with E-state index >= 15 is 0 Å². The SMILES string of the molecule is CCN1C(=O)CC(C(=O)O)C1c1cc(C)ccc1C. The maximum absolute atomic E-state index is 12.0. The fourth-order valence-electron chi connectivity index (χ4n) is 2.85. The van der Waals surface area contributed by atoms with Gasteiger partial charge in [-0.25, -0.2) is 0 Å². The Labute approximate surface area is 113 Å². The number of nitrogens with zero attached hydrogens (tertiary/aromatic N) is 1. The Hall–Kier alpha value is -1.84. The Balaban J connectivity index is 2.51. The van der Waals surface area contributed by atoms with Crippen molar-refractivity contribution in [2.45, 2.75) is 33.2 Å².